The minimum absolute atomic E-state index is 0.145. The molecule has 0 aliphatic heterocycles. The number of ether oxygens (including phenoxy) is 1. The average molecular weight is 394 g/mol. The fraction of sp³-hybridized carbons (Fsp3) is 0.238. The van der Waals surface area contributed by atoms with Gasteiger partial charge < -0.3 is 15.4 Å². The van der Waals surface area contributed by atoms with Crippen molar-refractivity contribution in [3.8, 4) is 11.8 Å². The lowest BCUT2D eigenvalue weighted by Gasteiger charge is -2.14. The first-order chi connectivity index (χ1) is 13.9. The average Bonchev–Trinajstić information content (AvgIpc) is 2.73. The number of hydrogen-bond acceptors (Lipinski definition) is 6. The van der Waals surface area contributed by atoms with E-state index in [4.69, 9.17) is 4.74 Å². The van der Waals surface area contributed by atoms with E-state index < -0.39 is 10.8 Å². The summed E-state index contributed by atoms with van der Waals surface area (Å²) in [5, 5.41) is 25.8. The van der Waals surface area contributed by atoms with Gasteiger partial charge in [0.25, 0.3) is 11.6 Å². The standard InChI is InChI=1S/C21H22N4O4/c1-4-15-5-7-16(8-6-15)14(2)24-21(26)17(12-22)13-23-19-11-18(25(27)28)9-10-20(19)29-3/h5-11,13-14,23H,4H2,1-3H3,(H,24,26)/b17-13-. The Morgan fingerprint density at radius 1 is 1.31 bits per heavy atom. The molecule has 2 N–H and O–H groups in total. The third-order valence-electron chi connectivity index (χ3n) is 4.37. The third kappa shape index (κ3) is 5.56. The van der Waals surface area contributed by atoms with E-state index in [1.54, 1.807) is 0 Å². The second-order valence-corrected chi connectivity index (χ2v) is 6.25. The molecule has 0 aliphatic rings. The number of aryl methyl sites for hydroxylation is 1. The van der Waals surface area contributed by atoms with Crippen LogP contribution < -0.4 is 15.4 Å². The van der Waals surface area contributed by atoms with Gasteiger partial charge in [-0.25, -0.2) is 0 Å². The van der Waals surface area contributed by atoms with Crippen LogP contribution in [0.4, 0.5) is 11.4 Å². The number of benzene rings is 2. The van der Waals surface area contributed by atoms with Gasteiger partial charge in [-0.2, -0.15) is 5.26 Å². The van der Waals surface area contributed by atoms with E-state index in [1.807, 2.05) is 37.3 Å². The first-order valence-electron chi connectivity index (χ1n) is 8.98. The number of methoxy groups -OCH3 is 1. The highest BCUT2D eigenvalue weighted by Crippen LogP contribution is 2.29. The van der Waals surface area contributed by atoms with Crippen LogP contribution in [0.2, 0.25) is 0 Å². The van der Waals surface area contributed by atoms with Crippen LogP contribution in [-0.4, -0.2) is 17.9 Å². The predicted octanol–water partition coefficient (Wildman–Crippen LogP) is 3.86. The maximum Gasteiger partial charge on any atom is 0.271 e. The van der Waals surface area contributed by atoms with E-state index in [0.29, 0.717) is 5.75 Å². The number of carbonyl (C=O) groups excluding carboxylic acids is 1. The highest BCUT2D eigenvalue weighted by molar-refractivity contribution is 5.97. The van der Waals surface area contributed by atoms with Crippen LogP contribution in [0.3, 0.4) is 0 Å². The van der Waals surface area contributed by atoms with Gasteiger partial charge in [-0.1, -0.05) is 31.2 Å². The summed E-state index contributed by atoms with van der Waals surface area (Å²) < 4.78 is 5.15. The first-order valence-corrected chi connectivity index (χ1v) is 8.98. The van der Waals surface area contributed by atoms with E-state index in [1.165, 1.54) is 37.1 Å². The molecule has 29 heavy (non-hydrogen) atoms. The molecule has 0 fully saturated rings. The molecule has 0 saturated carbocycles. The van der Waals surface area contributed by atoms with Crippen LogP contribution in [0.15, 0.2) is 54.2 Å². The Morgan fingerprint density at radius 3 is 2.55 bits per heavy atom. The number of nitro benzene ring substituents is 1. The maximum atomic E-state index is 12.5. The fourth-order valence-electron chi connectivity index (χ4n) is 2.62. The second-order valence-electron chi connectivity index (χ2n) is 6.25. The van der Waals surface area contributed by atoms with Crippen LogP contribution in [0.25, 0.3) is 0 Å². The summed E-state index contributed by atoms with van der Waals surface area (Å²) in [5.41, 5.74) is 2.07. The largest absolute Gasteiger partial charge is 0.495 e. The van der Waals surface area contributed by atoms with Crippen molar-refractivity contribution >= 4 is 17.3 Å². The first kappa shape index (κ1) is 21.4. The summed E-state index contributed by atoms with van der Waals surface area (Å²) in [6.45, 7) is 3.89. The summed E-state index contributed by atoms with van der Waals surface area (Å²) in [5.74, 6) is -0.217. The van der Waals surface area contributed by atoms with Crippen LogP contribution in [0.5, 0.6) is 5.75 Å². The molecule has 8 nitrogen and oxygen atoms in total. The highest BCUT2D eigenvalue weighted by atomic mass is 16.6. The van der Waals surface area contributed by atoms with Crippen LogP contribution in [0, 0.1) is 21.4 Å². The van der Waals surface area contributed by atoms with Gasteiger partial charge in [0.05, 0.1) is 23.8 Å². The normalized spacial score (nSPS) is 11.9. The van der Waals surface area contributed by atoms with Crippen molar-refractivity contribution in [3.05, 3.63) is 75.5 Å². The topological polar surface area (TPSA) is 117 Å². The summed E-state index contributed by atoms with van der Waals surface area (Å²) in [4.78, 5) is 22.9. The molecular formula is C21H22N4O4. The number of nitro groups is 1. The molecule has 1 atom stereocenters. The van der Waals surface area contributed by atoms with Gasteiger partial charge >= 0.3 is 0 Å². The predicted molar refractivity (Wildman–Crippen MR) is 109 cm³/mol. The number of non-ortho nitro benzene ring substituents is 1. The SMILES string of the molecule is CCc1ccc(C(C)NC(=O)/C(C#N)=C\Nc2cc([N+](=O)[O-])ccc2OC)cc1. The molecule has 0 heterocycles. The highest BCUT2D eigenvalue weighted by Gasteiger charge is 2.15. The van der Waals surface area contributed by atoms with E-state index in [-0.39, 0.29) is 23.0 Å². The Morgan fingerprint density at radius 2 is 2.00 bits per heavy atom. The van der Waals surface area contributed by atoms with Crippen molar-refractivity contribution in [2.45, 2.75) is 26.3 Å². The number of amides is 1. The van der Waals surface area contributed by atoms with Crippen molar-refractivity contribution in [2.75, 3.05) is 12.4 Å². The molecule has 2 rings (SSSR count). The molecular weight excluding hydrogens is 372 g/mol. The number of carbonyl (C=O) groups is 1. The molecule has 2 aromatic rings. The monoisotopic (exact) mass is 394 g/mol. The lowest BCUT2D eigenvalue weighted by atomic mass is 10.0. The molecule has 1 amide bonds. The third-order valence-corrected chi connectivity index (χ3v) is 4.37. The van der Waals surface area contributed by atoms with Crippen molar-refractivity contribution in [1.82, 2.24) is 5.32 Å². The molecule has 8 heteroatoms. The molecule has 1 unspecified atom stereocenters. The van der Waals surface area contributed by atoms with Crippen LogP contribution >= 0.6 is 0 Å². The van der Waals surface area contributed by atoms with Crippen LogP contribution in [0.1, 0.15) is 31.0 Å². The summed E-state index contributed by atoms with van der Waals surface area (Å²) in [7, 11) is 1.42. The zero-order valence-electron chi connectivity index (χ0n) is 16.4. The van der Waals surface area contributed by atoms with Crippen molar-refractivity contribution in [3.63, 3.8) is 0 Å². The molecule has 0 saturated heterocycles. The van der Waals surface area contributed by atoms with Crippen molar-refractivity contribution in [2.24, 2.45) is 0 Å². The number of hydrogen-bond donors (Lipinski definition) is 2. The number of nitrogens with zero attached hydrogens (tertiary/aromatic N) is 2. The number of anilines is 1. The zero-order chi connectivity index (χ0) is 21.4. The minimum atomic E-state index is -0.559. The van der Waals surface area contributed by atoms with E-state index in [9.17, 15) is 20.2 Å². The Hall–Kier alpha value is -3.86. The molecule has 0 aliphatic carbocycles. The lowest BCUT2D eigenvalue weighted by molar-refractivity contribution is -0.384. The Balaban J connectivity index is 2.14. The summed E-state index contributed by atoms with van der Waals surface area (Å²) in [6, 6.07) is 13.4. The number of nitriles is 1. The van der Waals surface area contributed by atoms with E-state index in [2.05, 4.69) is 17.6 Å². The van der Waals surface area contributed by atoms with Crippen LogP contribution in [-0.2, 0) is 11.2 Å². The minimum Gasteiger partial charge on any atom is -0.495 e. The van der Waals surface area contributed by atoms with E-state index in [0.717, 1.165) is 12.0 Å². The number of rotatable bonds is 8. The zero-order valence-corrected chi connectivity index (χ0v) is 16.4. The smallest absolute Gasteiger partial charge is 0.271 e. The quantitative estimate of drug-likeness (QED) is 0.304. The van der Waals surface area contributed by atoms with Gasteiger partial charge in [0.2, 0.25) is 0 Å². The molecule has 0 bridgehead atoms. The molecule has 0 radical (unpaired) electrons. The van der Waals surface area contributed by atoms with Crippen molar-refractivity contribution in [1.29, 1.82) is 5.26 Å². The summed E-state index contributed by atoms with van der Waals surface area (Å²) in [6.07, 6.45) is 2.12. The van der Waals surface area contributed by atoms with Crippen molar-refractivity contribution < 1.29 is 14.5 Å². The molecule has 150 valence electrons. The Labute approximate surface area is 169 Å². The Kier molecular flexibility index (Phi) is 7.32. The summed E-state index contributed by atoms with van der Waals surface area (Å²) >= 11 is 0. The van der Waals surface area contributed by atoms with Gasteiger partial charge in [-0.15, -0.1) is 0 Å². The molecule has 0 aromatic heterocycles. The second kappa shape index (κ2) is 9.90. The fourth-order valence-corrected chi connectivity index (χ4v) is 2.62. The van der Waals surface area contributed by atoms with Gasteiger partial charge in [0.1, 0.15) is 17.4 Å². The van der Waals surface area contributed by atoms with E-state index >= 15 is 0 Å². The molecule has 2 aromatic carbocycles. The maximum absolute atomic E-state index is 12.5. The van der Waals surface area contributed by atoms with Gasteiger partial charge in [0.15, 0.2) is 0 Å². The van der Waals surface area contributed by atoms with Gasteiger partial charge in [-0.05, 0) is 30.5 Å². The van der Waals surface area contributed by atoms with Gasteiger partial charge in [-0.3, -0.25) is 14.9 Å². The lowest BCUT2D eigenvalue weighted by Crippen LogP contribution is -2.28. The molecule has 0 spiro atoms. The Bertz CT molecular complexity index is 962. The number of nitrogens with one attached hydrogen (secondary N) is 2. The van der Waals surface area contributed by atoms with Gasteiger partial charge in [0, 0.05) is 18.3 Å².